The fourth-order valence-corrected chi connectivity index (χ4v) is 2.41. The number of nitrogen functional groups attached to an aromatic ring is 1. The van der Waals surface area contributed by atoms with Crippen LogP contribution in [-0.4, -0.2) is 4.57 Å². The summed E-state index contributed by atoms with van der Waals surface area (Å²) >= 11 is 0. The van der Waals surface area contributed by atoms with Gasteiger partial charge in [0, 0.05) is 12.2 Å². The van der Waals surface area contributed by atoms with Crippen molar-refractivity contribution < 1.29 is 0 Å². The molecule has 0 atom stereocenters. The third-order valence-electron chi connectivity index (χ3n) is 3.67. The molecule has 3 heteroatoms. The molecule has 1 aromatic carbocycles. The van der Waals surface area contributed by atoms with E-state index in [0.29, 0.717) is 11.4 Å². The predicted molar refractivity (Wildman–Crippen MR) is 77.8 cm³/mol. The van der Waals surface area contributed by atoms with Gasteiger partial charge in [-0.25, -0.2) is 0 Å². The Hall–Kier alpha value is -2.21. The zero-order valence-electron chi connectivity index (χ0n) is 11.5. The van der Waals surface area contributed by atoms with Crippen molar-refractivity contribution in [1.29, 1.82) is 5.26 Å². The van der Waals surface area contributed by atoms with Crippen LogP contribution in [0.3, 0.4) is 0 Å². The second kappa shape index (κ2) is 5.62. The minimum atomic E-state index is 0.602. The molecular formula is C16H19N3. The molecule has 0 unspecified atom stereocenters. The quantitative estimate of drug-likeness (QED) is 0.909. The van der Waals surface area contributed by atoms with Gasteiger partial charge in [0.25, 0.3) is 0 Å². The molecule has 0 fully saturated rings. The maximum Gasteiger partial charge on any atom is 0.122 e. The summed E-state index contributed by atoms with van der Waals surface area (Å²) in [6.45, 7) is 4.84. The van der Waals surface area contributed by atoms with Gasteiger partial charge in [-0.05, 0) is 37.8 Å². The monoisotopic (exact) mass is 253 g/mol. The Morgan fingerprint density at radius 1 is 1.21 bits per heavy atom. The molecule has 1 heterocycles. The SMILES string of the molecule is Cc1c(C#N)c(N)n(CCCc2ccccc2)c1C. The van der Waals surface area contributed by atoms with Gasteiger partial charge in [-0.2, -0.15) is 5.26 Å². The predicted octanol–water partition coefficient (Wildman–Crippen LogP) is 3.19. The highest BCUT2D eigenvalue weighted by Crippen LogP contribution is 2.23. The summed E-state index contributed by atoms with van der Waals surface area (Å²) in [5.74, 6) is 0.602. The first-order valence-corrected chi connectivity index (χ1v) is 6.54. The molecule has 0 saturated carbocycles. The minimum absolute atomic E-state index is 0.602. The molecule has 0 radical (unpaired) electrons. The highest BCUT2D eigenvalue weighted by atomic mass is 15.1. The lowest BCUT2D eigenvalue weighted by molar-refractivity contribution is 0.637. The number of nitriles is 1. The number of aryl methyl sites for hydroxylation is 1. The minimum Gasteiger partial charge on any atom is -0.384 e. The first kappa shape index (κ1) is 13.2. The smallest absolute Gasteiger partial charge is 0.122 e. The van der Waals surface area contributed by atoms with E-state index < -0.39 is 0 Å². The molecule has 0 spiro atoms. The van der Waals surface area contributed by atoms with E-state index in [9.17, 15) is 0 Å². The molecule has 1 aromatic heterocycles. The van der Waals surface area contributed by atoms with Crippen molar-refractivity contribution in [3.8, 4) is 6.07 Å². The van der Waals surface area contributed by atoms with Crippen molar-refractivity contribution >= 4 is 5.82 Å². The molecule has 2 N–H and O–H groups in total. The summed E-state index contributed by atoms with van der Waals surface area (Å²) in [6.07, 6.45) is 2.05. The zero-order chi connectivity index (χ0) is 13.8. The normalized spacial score (nSPS) is 10.4. The average molecular weight is 253 g/mol. The lowest BCUT2D eigenvalue weighted by atomic mass is 10.1. The van der Waals surface area contributed by atoms with Crippen molar-refractivity contribution in [3.63, 3.8) is 0 Å². The Bertz CT molecular complexity index is 603. The van der Waals surface area contributed by atoms with Gasteiger partial charge in [-0.1, -0.05) is 30.3 Å². The Morgan fingerprint density at radius 2 is 1.89 bits per heavy atom. The summed E-state index contributed by atoms with van der Waals surface area (Å²) in [5.41, 5.74) is 10.1. The molecule has 2 rings (SSSR count). The third kappa shape index (κ3) is 2.63. The number of nitrogens with zero attached hydrogens (tertiary/aromatic N) is 2. The fraction of sp³-hybridized carbons (Fsp3) is 0.312. The largest absolute Gasteiger partial charge is 0.384 e. The first-order chi connectivity index (χ1) is 9.15. The van der Waals surface area contributed by atoms with Gasteiger partial charge in [-0.3, -0.25) is 0 Å². The van der Waals surface area contributed by atoms with Crippen LogP contribution in [0, 0.1) is 25.2 Å². The van der Waals surface area contributed by atoms with Crippen LogP contribution in [0.2, 0.25) is 0 Å². The standard InChI is InChI=1S/C16H19N3/c1-12-13(2)19(16(18)15(12)11-17)10-6-9-14-7-4-3-5-8-14/h3-5,7-8H,6,9-10,18H2,1-2H3. The van der Waals surface area contributed by atoms with Crippen molar-refractivity contribution in [3.05, 3.63) is 52.7 Å². The van der Waals surface area contributed by atoms with E-state index in [-0.39, 0.29) is 0 Å². The molecule has 0 aliphatic rings. The van der Waals surface area contributed by atoms with E-state index in [1.165, 1.54) is 5.56 Å². The maximum atomic E-state index is 9.10. The van der Waals surface area contributed by atoms with Gasteiger partial charge in [0.05, 0.1) is 5.56 Å². The lowest BCUT2D eigenvalue weighted by Gasteiger charge is -2.09. The summed E-state index contributed by atoms with van der Waals surface area (Å²) in [6, 6.07) is 12.6. The summed E-state index contributed by atoms with van der Waals surface area (Å²) in [4.78, 5) is 0. The molecule has 3 nitrogen and oxygen atoms in total. The van der Waals surface area contributed by atoms with E-state index in [4.69, 9.17) is 11.0 Å². The number of nitrogens with two attached hydrogens (primary N) is 1. The van der Waals surface area contributed by atoms with E-state index in [2.05, 4.69) is 34.9 Å². The molecule has 0 aliphatic heterocycles. The van der Waals surface area contributed by atoms with Crippen LogP contribution in [0.5, 0.6) is 0 Å². The Morgan fingerprint density at radius 3 is 2.47 bits per heavy atom. The Balaban J connectivity index is 2.07. The fourth-order valence-electron chi connectivity index (χ4n) is 2.41. The van der Waals surface area contributed by atoms with Gasteiger partial charge in [-0.15, -0.1) is 0 Å². The van der Waals surface area contributed by atoms with Crippen molar-refractivity contribution in [2.24, 2.45) is 0 Å². The van der Waals surface area contributed by atoms with Crippen molar-refractivity contribution in [2.45, 2.75) is 33.2 Å². The van der Waals surface area contributed by atoms with Gasteiger partial charge in [0.15, 0.2) is 0 Å². The highest BCUT2D eigenvalue weighted by molar-refractivity contribution is 5.57. The van der Waals surface area contributed by atoms with Crippen LogP contribution in [0.4, 0.5) is 5.82 Å². The second-order valence-corrected chi connectivity index (χ2v) is 4.82. The Kier molecular flexibility index (Phi) is 3.91. The third-order valence-corrected chi connectivity index (χ3v) is 3.67. The average Bonchev–Trinajstić information content (AvgIpc) is 2.63. The topological polar surface area (TPSA) is 54.7 Å². The van der Waals surface area contributed by atoms with Crippen molar-refractivity contribution in [2.75, 3.05) is 5.73 Å². The van der Waals surface area contributed by atoms with Gasteiger partial charge in [0.1, 0.15) is 11.9 Å². The van der Waals surface area contributed by atoms with E-state index >= 15 is 0 Å². The molecule has 0 aliphatic carbocycles. The zero-order valence-corrected chi connectivity index (χ0v) is 11.5. The van der Waals surface area contributed by atoms with Crippen LogP contribution in [0.25, 0.3) is 0 Å². The van der Waals surface area contributed by atoms with E-state index in [1.54, 1.807) is 0 Å². The number of benzene rings is 1. The molecule has 19 heavy (non-hydrogen) atoms. The van der Waals surface area contributed by atoms with Gasteiger partial charge >= 0.3 is 0 Å². The van der Waals surface area contributed by atoms with Gasteiger partial charge < -0.3 is 10.3 Å². The number of anilines is 1. The van der Waals surface area contributed by atoms with E-state index in [1.807, 2.05) is 19.9 Å². The highest BCUT2D eigenvalue weighted by Gasteiger charge is 2.14. The second-order valence-electron chi connectivity index (χ2n) is 4.82. The van der Waals surface area contributed by atoms with Crippen LogP contribution < -0.4 is 5.73 Å². The molecule has 0 saturated heterocycles. The maximum absolute atomic E-state index is 9.10. The molecule has 0 amide bonds. The molecule has 98 valence electrons. The van der Waals surface area contributed by atoms with Crippen LogP contribution in [0.15, 0.2) is 30.3 Å². The van der Waals surface area contributed by atoms with Crippen molar-refractivity contribution in [1.82, 2.24) is 4.57 Å². The van der Waals surface area contributed by atoms with Crippen LogP contribution in [-0.2, 0) is 13.0 Å². The first-order valence-electron chi connectivity index (χ1n) is 6.54. The van der Waals surface area contributed by atoms with E-state index in [0.717, 1.165) is 30.6 Å². The Labute approximate surface area is 114 Å². The molecule has 0 bridgehead atoms. The number of aromatic nitrogens is 1. The van der Waals surface area contributed by atoms with Gasteiger partial charge in [0.2, 0.25) is 0 Å². The number of hydrogen-bond acceptors (Lipinski definition) is 2. The van der Waals surface area contributed by atoms with Crippen LogP contribution >= 0.6 is 0 Å². The number of rotatable bonds is 4. The number of hydrogen-bond donors (Lipinski definition) is 1. The summed E-state index contributed by atoms with van der Waals surface area (Å²) < 4.78 is 2.05. The summed E-state index contributed by atoms with van der Waals surface area (Å²) in [7, 11) is 0. The lowest BCUT2D eigenvalue weighted by Crippen LogP contribution is -2.06. The van der Waals surface area contributed by atoms with Crippen LogP contribution in [0.1, 0.15) is 28.8 Å². The molecule has 2 aromatic rings. The summed E-state index contributed by atoms with van der Waals surface area (Å²) in [5, 5.41) is 9.10. The molecular weight excluding hydrogens is 234 g/mol.